The molecule has 1 saturated heterocycles. The molecule has 88 valence electrons. The molecule has 4 nitrogen and oxygen atoms in total. The van der Waals surface area contributed by atoms with Gasteiger partial charge in [-0.25, -0.2) is 0 Å². The molecular formula is C10H13ClN2O2S. The third-order valence-corrected chi connectivity index (χ3v) is 4.51. The number of nitrogens with zero attached hydrogens (tertiary/aromatic N) is 1. The van der Waals surface area contributed by atoms with Gasteiger partial charge in [0.05, 0.1) is 5.69 Å². The molecule has 0 aliphatic carbocycles. The minimum Gasteiger partial charge on any atom is -0.258 e. The summed E-state index contributed by atoms with van der Waals surface area (Å²) in [6.45, 7) is 2.88. The summed E-state index contributed by atoms with van der Waals surface area (Å²) >= 11 is 5.98. The van der Waals surface area contributed by atoms with E-state index in [-0.39, 0.29) is 0 Å². The van der Waals surface area contributed by atoms with Gasteiger partial charge in [0.25, 0.3) is 0 Å². The van der Waals surface area contributed by atoms with E-state index in [9.17, 15) is 8.42 Å². The lowest BCUT2D eigenvalue weighted by Gasteiger charge is -2.28. The predicted molar refractivity (Wildman–Crippen MR) is 65.1 cm³/mol. The molecule has 0 atom stereocenters. The summed E-state index contributed by atoms with van der Waals surface area (Å²) in [7, 11) is -3.38. The molecule has 1 fully saturated rings. The SMILES string of the molecule is Cc1ccc(N2CCCNS2(=O)=O)cc1Cl. The van der Waals surface area contributed by atoms with Crippen molar-refractivity contribution in [1.29, 1.82) is 0 Å². The van der Waals surface area contributed by atoms with Crippen molar-refractivity contribution >= 4 is 27.5 Å². The van der Waals surface area contributed by atoms with Gasteiger partial charge in [0.15, 0.2) is 0 Å². The van der Waals surface area contributed by atoms with Crippen molar-refractivity contribution in [2.75, 3.05) is 17.4 Å². The molecule has 1 aromatic carbocycles. The minimum absolute atomic E-state index is 0.495. The van der Waals surface area contributed by atoms with Gasteiger partial charge in [-0.05, 0) is 31.0 Å². The smallest absolute Gasteiger partial charge is 0.258 e. The summed E-state index contributed by atoms with van der Waals surface area (Å²) in [6.07, 6.45) is 0.796. The fourth-order valence-electron chi connectivity index (χ4n) is 1.63. The number of benzene rings is 1. The van der Waals surface area contributed by atoms with Crippen LogP contribution in [0.1, 0.15) is 12.0 Å². The molecule has 0 saturated carbocycles. The third kappa shape index (κ3) is 2.16. The topological polar surface area (TPSA) is 49.4 Å². The van der Waals surface area contributed by atoms with Crippen molar-refractivity contribution in [2.45, 2.75) is 13.3 Å². The van der Waals surface area contributed by atoms with Crippen LogP contribution >= 0.6 is 11.6 Å². The third-order valence-electron chi connectivity index (χ3n) is 2.56. The van der Waals surface area contributed by atoms with E-state index >= 15 is 0 Å². The van der Waals surface area contributed by atoms with E-state index in [4.69, 9.17) is 11.6 Å². The fourth-order valence-corrected chi connectivity index (χ4v) is 3.12. The summed E-state index contributed by atoms with van der Waals surface area (Å²) in [4.78, 5) is 0. The summed E-state index contributed by atoms with van der Waals surface area (Å²) in [5, 5.41) is 0.582. The van der Waals surface area contributed by atoms with Crippen LogP contribution in [-0.2, 0) is 10.2 Å². The number of aryl methyl sites for hydroxylation is 1. The quantitative estimate of drug-likeness (QED) is 0.836. The molecule has 1 aromatic rings. The van der Waals surface area contributed by atoms with Crippen LogP contribution in [0.25, 0.3) is 0 Å². The fraction of sp³-hybridized carbons (Fsp3) is 0.400. The van der Waals surface area contributed by atoms with Crippen LogP contribution in [0, 0.1) is 6.92 Å². The van der Waals surface area contributed by atoms with Crippen LogP contribution in [0.2, 0.25) is 5.02 Å². The van der Waals surface area contributed by atoms with Gasteiger partial charge in [-0.2, -0.15) is 13.1 Å². The molecule has 0 amide bonds. The predicted octanol–water partition coefficient (Wildman–Crippen LogP) is 1.69. The number of hydrogen-bond donors (Lipinski definition) is 1. The second-order valence-corrected chi connectivity index (χ2v) is 5.85. The molecule has 1 aliphatic heterocycles. The van der Waals surface area contributed by atoms with Crippen LogP contribution in [0.15, 0.2) is 18.2 Å². The van der Waals surface area contributed by atoms with E-state index in [1.807, 2.05) is 13.0 Å². The lowest BCUT2D eigenvalue weighted by molar-refractivity contribution is 0.560. The molecule has 1 aliphatic rings. The number of anilines is 1. The number of halogens is 1. The zero-order valence-corrected chi connectivity index (χ0v) is 10.5. The summed E-state index contributed by atoms with van der Waals surface area (Å²) in [6, 6.07) is 5.27. The summed E-state index contributed by atoms with van der Waals surface area (Å²) in [5.41, 5.74) is 1.55. The van der Waals surface area contributed by atoms with Gasteiger partial charge in [-0.15, -0.1) is 0 Å². The Balaban J connectivity index is 2.39. The summed E-state index contributed by atoms with van der Waals surface area (Å²) in [5.74, 6) is 0. The average Bonchev–Trinajstić information content (AvgIpc) is 2.22. The van der Waals surface area contributed by atoms with Crippen molar-refractivity contribution in [3.63, 3.8) is 0 Å². The lowest BCUT2D eigenvalue weighted by atomic mass is 10.2. The monoisotopic (exact) mass is 260 g/mol. The van der Waals surface area contributed by atoms with Crippen LogP contribution in [0.5, 0.6) is 0 Å². The van der Waals surface area contributed by atoms with Gasteiger partial charge in [0, 0.05) is 18.1 Å². The molecule has 2 rings (SSSR count). The van der Waals surface area contributed by atoms with E-state index < -0.39 is 10.2 Å². The molecule has 16 heavy (non-hydrogen) atoms. The van der Waals surface area contributed by atoms with Crippen molar-refractivity contribution in [3.05, 3.63) is 28.8 Å². The zero-order chi connectivity index (χ0) is 11.8. The number of nitrogens with one attached hydrogen (secondary N) is 1. The highest BCUT2D eigenvalue weighted by atomic mass is 35.5. The first kappa shape index (κ1) is 11.7. The van der Waals surface area contributed by atoms with Crippen LogP contribution in [-0.4, -0.2) is 21.5 Å². The number of hydrogen-bond acceptors (Lipinski definition) is 2. The Labute approximate surface area is 100 Å². The van der Waals surface area contributed by atoms with Crippen LogP contribution < -0.4 is 9.03 Å². The van der Waals surface area contributed by atoms with E-state index in [2.05, 4.69) is 4.72 Å². The first-order chi connectivity index (χ1) is 7.50. The molecule has 0 radical (unpaired) electrons. The largest absolute Gasteiger partial charge is 0.301 e. The zero-order valence-electron chi connectivity index (χ0n) is 8.90. The molecule has 0 aromatic heterocycles. The Morgan fingerprint density at radius 1 is 1.44 bits per heavy atom. The van der Waals surface area contributed by atoms with Crippen molar-refractivity contribution in [2.24, 2.45) is 0 Å². The Morgan fingerprint density at radius 2 is 2.19 bits per heavy atom. The average molecular weight is 261 g/mol. The molecule has 6 heteroatoms. The van der Waals surface area contributed by atoms with Gasteiger partial charge in [-0.1, -0.05) is 17.7 Å². The first-order valence-electron chi connectivity index (χ1n) is 5.04. The molecule has 1 N–H and O–H groups in total. The van der Waals surface area contributed by atoms with Gasteiger partial charge in [0.2, 0.25) is 0 Å². The van der Waals surface area contributed by atoms with Gasteiger partial charge < -0.3 is 0 Å². The van der Waals surface area contributed by atoms with E-state index in [0.717, 1.165) is 12.0 Å². The van der Waals surface area contributed by atoms with Crippen molar-refractivity contribution < 1.29 is 8.42 Å². The highest BCUT2D eigenvalue weighted by Gasteiger charge is 2.25. The van der Waals surface area contributed by atoms with E-state index in [1.54, 1.807) is 12.1 Å². The maximum Gasteiger partial charge on any atom is 0.301 e. The standard InChI is InChI=1S/C10H13ClN2O2S/c1-8-3-4-9(7-10(8)11)13-6-2-5-12-16(13,14)15/h3-4,7,12H,2,5-6H2,1H3. The summed E-state index contributed by atoms with van der Waals surface area (Å²) < 4.78 is 27.3. The second-order valence-electron chi connectivity index (χ2n) is 3.76. The molecule has 0 bridgehead atoms. The molecular weight excluding hydrogens is 248 g/mol. The van der Waals surface area contributed by atoms with Gasteiger partial charge in [-0.3, -0.25) is 4.31 Å². The highest BCUT2D eigenvalue weighted by Crippen LogP contribution is 2.25. The molecule has 1 heterocycles. The van der Waals surface area contributed by atoms with E-state index in [1.165, 1.54) is 4.31 Å². The van der Waals surface area contributed by atoms with Crippen LogP contribution in [0.4, 0.5) is 5.69 Å². The van der Waals surface area contributed by atoms with E-state index in [0.29, 0.717) is 23.8 Å². The number of rotatable bonds is 1. The Morgan fingerprint density at radius 3 is 2.81 bits per heavy atom. The Bertz CT molecular complexity index is 502. The van der Waals surface area contributed by atoms with Gasteiger partial charge in [0.1, 0.15) is 0 Å². The van der Waals surface area contributed by atoms with Crippen molar-refractivity contribution in [1.82, 2.24) is 4.72 Å². The van der Waals surface area contributed by atoms with Gasteiger partial charge >= 0.3 is 10.2 Å². The Kier molecular flexibility index (Phi) is 3.10. The first-order valence-corrected chi connectivity index (χ1v) is 6.86. The maximum atomic E-state index is 11.8. The molecule has 0 unspecified atom stereocenters. The maximum absolute atomic E-state index is 11.8. The minimum atomic E-state index is -3.38. The highest BCUT2D eigenvalue weighted by molar-refractivity contribution is 7.90. The van der Waals surface area contributed by atoms with Crippen molar-refractivity contribution in [3.8, 4) is 0 Å². The lowest BCUT2D eigenvalue weighted by Crippen LogP contribution is -2.47. The normalized spacial score (nSPS) is 19.8. The second kappa shape index (κ2) is 4.24. The van der Waals surface area contributed by atoms with Crippen LogP contribution in [0.3, 0.4) is 0 Å². The Hall–Kier alpha value is -0.780. The molecule has 0 spiro atoms.